The number of alkyl halides is 1. The Bertz CT molecular complexity index is 534. The summed E-state index contributed by atoms with van der Waals surface area (Å²) in [5.74, 6) is 0.625. The number of halogens is 1. The van der Waals surface area contributed by atoms with E-state index in [0.29, 0.717) is 5.88 Å². The van der Waals surface area contributed by atoms with Gasteiger partial charge in [0, 0.05) is 5.88 Å². The molecule has 0 atom stereocenters. The van der Waals surface area contributed by atoms with Crippen LogP contribution in [0.25, 0.3) is 0 Å². The Labute approximate surface area is 232 Å². The third-order valence-corrected chi connectivity index (χ3v) is 8.30. The zero-order valence-corrected chi connectivity index (χ0v) is 25.2. The molecule has 0 aromatic heterocycles. The van der Waals surface area contributed by atoms with Gasteiger partial charge in [-0.1, -0.05) is 192 Å². The van der Waals surface area contributed by atoms with Gasteiger partial charge >= 0.3 is 0 Å². The van der Waals surface area contributed by atoms with Gasteiger partial charge in [0.05, 0.1) is 0 Å². The summed E-state index contributed by atoms with van der Waals surface area (Å²) < 4.78 is 0. The van der Waals surface area contributed by atoms with Crippen molar-refractivity contribution in [3.8, 4) is 0 Å². The predicted molar refractivity (Wildman–Crippen MR) is 165 cm³/mol. The van der Waals surface area contributed by atoms with E-state index >= 15 is 0 Å². The molecule has 0 unspecified atom stereocenters. The molecule has 0 bridgehead atoms. The largest absolute Gasteiger partial charge is 0.122 e. The van der Waals surface area contributed by atoms with Crippen LogP contribution in [0.5, 0.6) is 0 Å². The lowest BCUT2D eigenvalue weighted by Gasteiger charge is -2.05. The summed E-state index contributed by atoms with van der Waals surface area (Å²) in [5.41, 5.74) is 2.69. The highest BCUT2D eigenvalue weighted by molar-refractivity contribution is 6.17. The van der Waals surface area contributed by atoms with Crippen molar-refractivity contribution in [2.24, 2.45) is 0 Å². The molecule has 0 aliphatic heterocycles. The van der Waals surface area contributed by atoms with Crippen molar-refractivity contribution in [1.82, 2.24) is 0 Å². The highest BCUT2D eigenvalue weighted by Crippen LogP contribution is 2.16. The molecule has 0 aliphatic rings. The van der Waals surface area contributed by atoms with Crippen LogP contribution in [0.3, 0.4) is 0 Å². The average molecular weight is 519 g/mol. The summed E-state index contributed by atoms with van der Waals surface area (Å²) in [4.78, 5) is 0. The first-order valence-electron chi connectivity index (χ1n) is 16.5. The molecule has 1 heteroatoms. The number of rotatable bonds is 28. The minimum atomic E-state index is 0.625. The van der Waals surface area contributed by atoms with Crippen molar-refractivity contribution >= 4 is 11.6 Å². The van der Waals surface area contributed by atoms with E-state index in [1.807, 2.05) is 0 Å². The van der Waals surface area contributed by atoms with E-state index in [4.69, 9.17) is 11.6 Å². The van der Waals surface area contributed by atoms with Crippen LogP contribution in [0.15, 0.2) is 24.3 Å². The van der Waals surface area contributed by atoms with Crippen LogP contribution in [-0.4, -0.2) is 0 Å². The van der Waals surface area contributed by atoms with Gasteiger partial charge in [-0.15, -0.1) is 11.6 Å². The molecule has 0 amide bonds. The van der Waals surface area contributed by atoms with Gasteiger partial charge in [0.2, 0.25) is 0 Å². The molecular weight excluding hydrogens is 456 g/mol. The van der Waals surface area contributed by atoms with E-state index in [9.17, 15) is 0 Å². The number of unbranched alkanes of at least 4 members (excludes halogenated alkanes) is 25. The van der Waals surface area contributed by atoms with Crippen molar-refractivity contribution in [3.63, 3.8) is 0 Å². The Balaban J connectivity index is 1.67. The normalized spacial score (nSPS) is 11.4. The Kier molecular flexibility index (Phi) is 25.7. The molecule has 0 saturated carbocycles. The minimum absolute atomic E-state index is 0.625. The lowest BCUT2D eigenvalue weighted by molar-refractivity contribution is 0.515. The highest BCUT2D eigenvalue weighted by atomic mass is 35.5. The summed E-state index contributed by atoms with van der Waals surface area (Å²) in [6.07, 6.45) is 39.1. The van der Waals surface area contributed by atoms with Gasteiger partial charge in [0.1, 0.15) is 0 Å². The van der Waals surface area contributed by atoms with E-state index in [1.165, 1.54) is 184 Å². The Hall–Kier alpha value is -0.490. The quantitative estimate of drug-likeness (QED) is 0.0763. The van der Waals surface area contributed by atoms with Crippen molar-refractivity contribution < 1.29 is 0 Å². The summed E-state index contributed by atoms with van der Waals surface area (Å²) >= 11 is 5.86. The molecule has 0 radical (unpaired) electrons. The highest BCUT2D eigenvalue weighted by Gasteiger charge is 1.98. The molecule has 0 heterocycles. The van der Waals surface area contributed by atoms with Crippen LogP contribution in [0.2, 0.25) is 0 Å². The van der Waals surface area contributed by atoms with E-state index in [1.54, 1.807) is 0 Å². The van der Waals surface area contributed by atoms with Gasteiger partial charge < -0.3 is 0 Å². The van der Waals surface area contributed by atoms with Crippen LogP contribution >= 0.6 is 11.6 Å². The van der Waals surface area contributed by atoms with E-state index in [2.05, 4.69) is 31.2 Å². The maximum Gasteiger partial charge on any atom is 0.0474 e. The van der Waals surface area contributed by atoms with Gasteiger partial charge in [0.25, 0.3) is 0 Å². The first kappa shape index (κ1) is 33.5. The Morgan fingerprint density at radius 3 is 0.889 bits per heavy atom. The van der Waals surface area contributed by atoms with Gasteiger partial charge in [-0.05, 0) is 24.0 Å². The van der Waals surface area contributed by atoms with Crippen LogP contribution < -0.4 is 0 Å². The molecule has 0 aliphatic carbocycles. The van der Waals surface area contributed by atoms with Crippen LogP contribution in [0.4, 0.5) is 0 Å². The van der Waals surface area contributed by atoms with Crippen molar-refractivity contribution in [2.45, 2.75) is 186 Å². The van der Waals surface area contributed by atoms with Gasteiger partial charge in [0.15, 0.2) is 0 Å². The molecule has 1 aromatic carbocycles. The molecule has 1 rings (SSSR count). The SMILES string of the molecule is CCCCCCCCCCCCCCCCCCCCCCCCCCCCc1ccc(CCl)cc1. The molecule has 0 saturated heterocycles. The van der Waals surface area contributed by atoms with Crippen LogP contribution in [0, 0.1) is 0 Å². The Morgan fingerprint density at radius 2 is 0.611 bits per heavy atom. The van der Waals surface area contributed by atoms with E-state index in [-0.39, 0.29) is 0 Å². The summed E-state index contributed by atoms with van der Waals surface area (Å²) in [5, 5.41) is 0. The summed E-state index contributed by atoms with van der Waals surface area (Å²) in [6, 6.07) is 8.83. The average Bonchev–Trinajstić information content (AvgIpc) is 2.91. The second-order valence-electron chi connectivity index (χ2n) is 11.5. The maximum atomic E-state index is 5.86. The fraction of sp³-hybridized carbons (Fsp3) is 0.829. The maximum absolute atomic E-state index is 5.86. The third-order valence-electron chi connectivity index (χ3n) is 8.00. The predicted octanol–water partition coefficient (Wildman–Crippen LogP) is 13.1. The monoisotopic (exact) mass is 518 g/mol. The zero-order valence-electron chi connectivity index (χ0n) is 24.5. The second-order valence-corrected chi connectivity index (χ2v) is 11.8. The van der Waals surface area contributed by atoms with Gasteiger partial charge in [-0.2, -0.15) is 0 Å². The number of aryl methyl sites for hydroxylation is 1. The van der Waals surface area contributed by atoms with E-state index in [0.717, 1.165) is 0 Å². The first-order chi connectivity index (χ1) is 17.9. The smallest absolute Gasteiger partial charge is 0.0474 e. The fourth-order valence-corrected chi connectivity index (χ4v) is 5.62. The molecule has 210 valence electrons. The molecule has 1 aromatic rings. The molecule has 36 heavy (non-hydrogen) atoms. The fourth-order valence-electron chi connectivity index (χ4n) is 5.44. The van der Waals surface area contributed by atoms with Gasteiger partial charge in [-0.3, -0.25) is 0 Å². The summed E-state index contributed by atoms with van der Waals surface area (Å²) in [6.45, 7) is 2.30. The third kappa shape index (κ3) is 22.7. The second kappa shape index (κ2) is 27.5. The number of hydrogen-bond donors (Lipinski definition) is 0. The Morgan fingerprint density at radius 1 is 0.361 bits per heavy atom. The minimum Gasteiger partial charge on any atom is -0.122 e. The van der Waals surface area contributed by atoms with Crippen molar-refractivity contribution in [1.29, 1.82) is 0 Å². The molecule has 0 spiro atoms. The topological polar surface area (TPSA) is 0 Å². The van der Waals surface area contributed by atoms with E-state index < -0.39 is 0 Å². The van der Waals surface area contributed by atoms with Crippen LogP contribution in [-0.2, 0) is 12.3 Å². The first-order valence-corrected chi connectivity index (χ1v) is 17.0. The van der Waals surface area contributed by atoms with Gasteiger partial charge in [-0.25, -0.2) is 0 Å². The number of benzene rings is 1. The lowest BCUT2D eigenvalue weighted by atomic mass is 10.0. The summed E-state index contributed by atoms with van der Waals surface area (Å²) in [7, 11) is 0. The van der Waals surface area contributed by atoms with Crippen molar-refractivity contribution in [3.05, 3.63) is 35.4 Å². The van der Waals surface area contributed by atoms with Crippen LogP contribution in [0.1, 0.15) is 185 Å². The molecule has 0 N–H and O–H groups in total. The zero-order chi connectivity index (χ0) is 25.8. The molecular formula is C35H63Cl. The number of hydrogen-bond acceptors (Lipinski definition) is 0. The molecule has 0 nitrogen and oxygen atoms in total. The standard InChI is InChI=1S/C35H63Cl/c1-2-3-4-5-6-7-8-9-10-11-12-13-14-15-16-17-18-19-20-21-22-23-24-25-26-27-28-34-29-31-35(33-36)32-30-34/h29-32H,2-28,33H2,1H3. The molecule has 0 fully saturated rings. The van der Waals surface area contributed by atoms with Crippen molar-refractivity contribution in [2.75, 3.05) is 0 Å². The lowest BCUT2D eigenvalue weighted by Crippen LogP contribution is -1.87.